The molecule has 0 aliphatic carbocycles. The van der Waals surface area contributed by atoms with Crippen molar-refractivity contribution in [3.63, 3.8) is 0 Å². The molecule has 11 heavy (non-hydrogen) atoms. The molecule has 0 heterocycles. The standard InChI is InChI=1S/C10H23N/c1-5-10(6-2)8-7-9-11(3)4/h10H,5-9H2,1-4H3/p+1. The lowest BCUT2D eigenvalue weighted by Gasteiger charge is -2.12. The van der Waals surface area contributed by atoms with E-state index in [-0.39, 0.29) is 0 Å². The number of quaternary nitrogens is 1. The van der Waals surface area contributed by atoms with Gasteiger partial charge >= 0.3 is 0 Å². The number of hydrogen-bond donors (Lipinski definition) is 1. The fraction of sp³-hybridized carbons (Fsp3) is 1.00. The monoisotopic (exact) mass is 158 g/mol. The molecule has 0 saturated heterocycles. The van der Waals surface area contributed by atoms with Crippen LogP contribution in [-0.4, -0.2) is 20.6 Å². The van der Waals surface area contributed by atoms with E-state index in [4.69, 9.17) is 0 Å². The predicted molar refractivity (Wildman–Crippen MR) is 51.0 cm³/mol. The summed E-state index contributed by atoms with van der Waals surface area (Å²) < 4.78 is 0. The van der Waals surface area contributed by atoms with Crippen LogP contribution in [0.4, 0.5) is 0 Å². The van der Waals surface area contributed by atoms with Gasteiger partial charge in [-0.05, 0) is 18.8 Å². The summed E-state index contributed by atoms with van der Waals surface area (Å²) in [6, 6.07) is 0. The summed E-state index contributed by atoms with van der Waals surface area (Å²) in [6.07, 6.45) is 5.55. The van der Waals surface area contributed by atoms with Crippen LogP contribution in [0.5, 0.6) is 0 Å². The third-order valence-electron chi connectivity index (χ3n) is 2.44. The van der Waals surface area contributed by atoms with Crippen LogP contribution in [0.25, 0.3) is 0 Å². The molecule has 0 saturated carbocycles. The molecule has 0 aromatic carbocycles. The lowest BCUT2D eigenvalue weighted by Crippen LogP contribution is -3.05. The summed E-state index contributed by atoms with van der Waals surface area (Å²) in [5.74, 6) is 0.981. The van der Waals surface area contributed by atoms with Crippen LogP contribution in [0.2, 0.25) is 0 Å². The van der Waals surface area contributed by atoms with Gasteiger partial charge in [0, 0.05) is 0 Å². The Morgan fingerprint density at radius 2 is 1.64 bits per heavy atom. The van der Waals surface area contributed by atoms with Crippen LogP contribution in [0.15, 0.2) is 0 Å². The predicted octanol–water partition coefficient (Wildman–Crippen LogP) is 1.35. The molecule has 0 aromatic heterocycles. The summed E-state index contributed by atoms with van der Waals surface area (Å²) in [5, 5.41) is 0. The molecule has 0 atom stereocenters. The highest BCUT2D eigenvalue weighted by Gasteiger charge is 2.03. The molecule has 0 bridgehead atoms. The highest BCUT2D eigenvalue weighted by atomic mass is 15.0. The van der Waals surface area contributed by atoms with Crippen molar-refractivity contribution >= 4 is 0 Å². The van der Waals surface area contributed by atoms with Crippen LogP contribution in [0.3, 0.4) is 0 Å². The zero-order valence-corrected chi connectivity index (χ0v) is 8.61. The molecule has 68 valence electrons. The van der Waals surface area contributed by atoms with E-state index in [9.17, 15) is 0 Å². The van der Waals surface area contributed by atoms with Gasteiger partial charge in [0.2, 0.25) is 0 Å². The normalized spacial score (nSPS) is 11.5. The van der Waals surface area contributed by atoms with E-state index < -0.39 is 0 Å². The first kappa shape index (κ1) is 11.0. The summed E-state index contributed by atoms with van der Waals surface area (Å²) in [6.45, 7) is 5.93. The number of hydrogen-bond acceptors (Lipinski definition) is 0. The molecule has 0 aliphatic heterocycles. The Morgan fingerprint density at radius 1 is 1.09 bits per heavy atom. The van der Waals surface area contributed by atoms with E-state index in [0.717, 1.165) is 5.92 Å². The van der Waals surface area contributed by atoms with Crippen molar-refractivity contribution in [2.75, 3.05) is 20.6 Å². The molecule has 0 radical (unpaired) electrons. The van der Waals surface area contributed by atoms with Crippen LogP contribution < -0.4 is 4.90 Å². The SMILES string of the molecule is CCC(CC)CCC[NH+](C)C. The quantitative estimate of drug-likeness (QED) is 0.595. The first-order chi connectivity index (χ1) is 5.20. The summed E-state index contributed by atoms with van der Waals surface area (Å²) in [7, 11) is 4.46. The second-order valence-electron chi connectivity index (χ2n) is 3.78. The Balaban J connectivity index is 3.21. The Labute approximate surface area is 71.8 Å². The van der Waals surface area contributed by atoms with Crippen molar-refractivity contribution in [2.45, 2.75) is 39.5 Å². The molecule has 0 aliphatic rings. The molecule has 0 fully saturated rings. The van der Waals surface area contributed by atoms with E-state index in [2.05, 4.69) is 27.9 Å². The molecule has 0 aromatic rings. The number of rotatable bonds is 6. The van der Waals surface area contributed by atoms with Gasteiger partial charge < -0.3 is 4.90 Å². The zero-order valence-electron chi connectivity index (χ0n) is 8.61. The van der Waals surface area contributed by atoms with Crippen LogP contribution >= 0.6 is 0 Å². The van der Waals surface area contributed by atoms with E-state index in [0.29, 0.717) is 0 Å². The Morgan fingerprint density at radius 3 is 2.00 bits per heavy atom. The summed E-state index contributed by atoms with van der Waals surface area (Å²) in [4.78, 5) is 1.58. The average Bonchev–Trinajstić information content (AvgIpc) is 1.98. The van der Waals surface area contributed by atoms with Gasteiger partial charge in [0.15, 0.2) is 0 Å². The maximum absolute atomic E-state index is 2.30. The second kappa shape index (κ2) is 6.66. The van der Waals surface area contributed by atoms with Crippen molar-refractivity contribution in [3.8, 4) is 0 Å². The van der Waals surface area contributed by atoms with Crippen molar-refractivity contribution in [1.29, 1.82) is 0 Å². The first-order valence-electron chi connectivity index (χ1n) is 4.99. The fourth-order valence-corrected chi connectivity index (χ4v) is 1.44. The van der Waals surface area contributed by atoms with Crippen molar-refractivity contribution < 1.29 is 4.90 Å². The number of nitrogens with one attached hydrogen (secondary N) is 1. The molecular weight excluding hydrogens is 134 g/mol. The van der Waals surface area contributed by atoms with Gasteiger partial charge in [0.25, 0.3) is 0 Å². The van der Waals surface area contributed by atoms with E-state index in [1.165, 1.54) is 32.2 Å². The summed E-state index contributed by atoms with van der Waals surface area (Å²) >= 11 is 0. The molecular formula is C10H24N+. The van der Waals surface area contributed by atoms with E-state index in [1.54, 1.807) is 4.90 Å². The Hall–Kier alpha value is -0.0400. The molecule has 1 N–H and O–H groups in total. The highest BCUT2D eigenvalue weighted by Crippen LogP contribution is 2.13. The Bertz CT molecular complexity index is 74.9. The lowest BCUT2D eigenvalue weighted by atomic mass is 9.98. The van der Waals surface area contributed by atoms with Gasteiger partial charge in [0.05, 0.1) is 20.6 Å². The maximum atomic E-state index is 2.30. The summed E-state index contributed by atoms with van der Waals surface area (Å²) in [5.41, 5.74) is 0. The maximum Gasteiger partial charge on any atom is 0.0766 e. The van der Waals surface area contributed by atoms with E-state index >= 15 is 0 Å². The third-order valence-corrected chi connectivity index (χ3v) is 2.44. The lowest BCUT2D eigenvalue weighted by molar-refractivity contribution is -0.858. The van der Waals surface area contributed by atoms with Gasteiger partial charge in [-0.15, -0.1) is 0 Å². The highest BCUT2D eigenvalue weighted by molar-refractivity contribution is 4.53. The van der Waals surface area contributed by atoms with E-state index in [1.807, 2.05) is 0 Å². The zero-order chi connectivity index (χ0) is 8.69. The van der Waals surface area contributed by atoms with Gasteiger partial charge in [0.1, 0.15) is 0 Å². The third kappa shape index (κ3) is 6.36. The molecule has 0 spiro atoms. The molecule has 1 heteroatoms. The minimum atomic E-state index is 0.981. The molecule has 0 unspecified atom stereocenters. The largest absolute Gasteiger partial charge is 0.340 e. The molecule has 1 nitrogen and oxygen atoms in total. The minimum absolute atomic E-state index is 0.981. The smallest absolute Gasteiger partial charge is 0.0766 e. The van der Waals surface area contributed by atoms with Crippen LogP contribution in [0, 0.1) is 5.92 Å². The molecule has 0 amide bonds. The van der Waals surface area contributed by atoms with Crippen molar-refractivity contribution in [2.24, 2.45) is 5.92 Å². The topological polar surface area (TPSA) is 4.44 Å². The van der Waals surface area contributed by atoms with Crippen molar-refractivity contribution in [1.82, 2.24) is 0 Å². The van der Waals surface area contributed by atoms with Gasteiger partial charge in [-0.1, -0.05) is 26.7 Å². The van der Waals surface area contributed by atoms with Crippen molar-refractivity contribution in [3.05, 3.63) is 0 Å². The average molecular weight is 158 g/mol. The first-order valence-corrected chi connectivity index (χ1v) is 4.99. The second-order valence-corrected chi connectivity index (χ2v) is 3.78. The molecule has 0 rings (SSSR count). The fourth-order valence-electron chi connectivity index (χ4n) is 1.44. The van der Waals surface area contributed by atoms with Gasteiger partial charge in [-0.2, -0.15) is 0 Å². The van der Waals surface area contributed by atoms with Gasteiger partial charge in [-0.3, -0.25) is 0 Å². The van der Waals surface area contributed by atoms with Crippen LogP contribution in [-0.2, 0) is 0 Å². The van der Waals surface area contributed by atoms with Crippen LogP contribution in [0.1, 0.15) is 39.5 Å². The van der Waals surface area contributed by atoms with Gasteiger partial charge in [-0.25, -0.2) is 0 Å². The Kier molecular flexibility index (Phi) is 6.63. The minimum Gasteiger partial charge on any atom is -0.340 e.